The highest BCUT2D eigenvalue weighted by molar-refractivity contribution is 9.11. The van der Waals surface area contributed by atoms with Crippen molar-refractivity contribution in [3.63, 3.8) is 0 Å². The highest BCUT2D eigenvalue weighted by Crippen LogP contribution is 2.57. The van der Waals surface area contributed by atoms with Crippen LogP contribution < -0.4 is 0 Å². The van der Waals surface area contributed by atoms with E-state index in [0.29, 0.717) is 0 Å². The zero-order valence-electron chi connectivity index (χ0n) is 16.8. The van der Waals surface area contributed by atoms with Crippen molar-refractivity contribution in [2.75, 3.05) is 0 Å². The van der Waals surface area contributed by atoms with Crippen molar-refractivity contribution in [1.29, 1.82) is 0 Å². The average Bonchev–Trinajstić information content (AvgIpc) is 2.43. The van der Waals surface area contributed by atoms with Crippen LogP contribution in [0.2, 0.25) is 18.1 Å². The van der Waals surface area contributed by atoms with E-state index in [1.807, 2.05) is 0 Å². The molecule has 2 rings (SSSR count). The molecule has 0 aromatic rings. The molecule has 1 spiro atoms. The molecule has 0 aliphatic heterocycles. The normalized spacial score (nSPS) is 32.3. The van der Waals surface area contributed by atoms with Crippen molar-refractivity contribution < 1.29 is 4.43 Å². The van der Waals surface area contributed by atoms with Gasteiger partial charge in [-0.2, -0.15) is 0 Å². The quantitative estimate of drug-likeness (QED) is 0.340. The Bertz CT molecular complexity index is 577. The zero-order valence-corrected chi connectivity index (χ0v) is 19.4. The summed E-state index contributed by atoms with van der Waals surface area (Å²) in [7, 11) is -1.74. The summed E-state index contributed by atoms with van der Waals surface area (Å²) in [5.41, 5.74) is 3.28. The summed E-state index contributed by atoms with van der Waals surface area (Å²) in [6.45, 7) is 18.9. The summed E-state index contributed by atoms with van der Waals surface area (Å²) in [4.78, 5) is 2.06. The molecule has 1 unspecified atom stereocenters. The maximum absolute atomic E-state index is 6.75. The molecule has 0 heterocycles. The van der Waals surface area contributed by atoms with Crippen molar-refractivity contribution in [1.82, 2.24) is 0 Å². The van der Waals surface area contributed by atoms with Gasteiger partial charge in [0.15, 0.2) is 8.32 Å². The fourth-order valence-corrected chi connectivity index (χ4v) is 5.72. The predicted octanol–water partition coefficient (Wildman–Crippen LogP) is 7.37. The maximum atomic E-state index is 6.75. The molecule has 136 valence electrons. The molecule has 3 heteroatoms. The Kier molecular flexibility index (Phi) is 5.51. The van der Waals surface area contributed by atoms with Crippen molar-refractivity contribution in [3.05, 3.63) is 34.4 Å². The molecule has 2 aliphatic carbocycles. The Morgan fingerprint density at radius 2 is 1.92 bits per heavy atom. The summed E-state index contributed by atoms with van der Waals surface area (Å²) in [6, 6.07) is 0. The average molecular weight is 412 g/mol. The minimum absolute atomic E-state index is 0.180. The van der Waals surface area contributed by atoms with E-state index in [1.54, 1.807) is 0 Å². The summed E-state index contributed by atoms with van der Waals surface area (Å²) < 4.78 is 6.75. The first-order valence-corrected chi connectivity index (χ1v) is 13.0. The Labute approximate surface area is 158 Å². The molecule has 0 saturated heterocycles. The van der Waals surface area contributed by atoms with Gasteiger partial charge in [-0.15, -0.1) is 0 Å². The Morgan fingerprint density at radius 1 is 1.29 bits per heavy atom. The minimum atomic E-state index is -1.74. The lowest BCUT2D eigenvalue weighted by Crippen LogP contribution is -2.49. The van der Waals surface area contributed by atoms with Crippen LogP contribution in [0.3, 0.4) is 0 Å². The molecule has 0 amide bonds. The first kappa shape index (κ1) is 20.2. The van der Waals surface area contributed by atoms with Crippen LogP contribution in [0.4, 0.5) is 0 Å². The first-order valence-electron chi connectivity index (χ1n) is 9.20. The molecule has 24 heavy (non-hydrogen) atoms. The lowest BCUT2D eigenvalue weighted by molar-refractivity contribution is 0.0607. The van der Waals surface area contributed by atoms with E-state index < -0.39 is 8.32 Å². The summed E-state index contributed by atoms with van der Waals surface area (Å²) in [6.07, 6.45) is 10.9. The van der Waals surface area contributed by atoms with Crippen molar-refractivity contribution in [2.24, 2.45) is 10.8 Å². The molecule has 0 aromatic carbocycles. The van der Waals surface area contributed by atoms with E-state index in [9.17, 15) is 0 Å². The number of rotatable bonds is 2. The smallest absolute Gasteiger partial charge is 0.192 e. The van der Waals surface area contributed by atoms with Crippen molar-refractivity contribution >= 4 is 24.2 Å². The molecule has 1 nitrogen and oxygen atoms in total. The van der Waals surface area contributed by atoms with Gasteiger partial charge in [-0.3, -0.25) is 0 Å². The Morgan fingerprint density at radius 3 is 2.33 bits per heavy atom. The fraction of sp³-hybridized carbons (Fsp3) is 0.714. The van der Waals surface area contributed by atoms with Crippen molar-refractivity contribution in [2.45, 2.75) is 85.0 Å². The second kappa shape index (κ2) is 6.55. The van der Waals surface area contributed by atoms with Gasteiger partial charge in [0.25, 0.3) is 0 Å². The van der Waals surface area contributed by atoms with Gasteiger partial charge in [-0.25, -0.2) is 0 Å². The third-order valence-corrected chi connectivity index (χ3v) is 11.9. The summed E-state index contributed by atoms with van der Waals surface area (Å²) in [5.74, 6) is 0. The van der Waals surface area contributed by atoms with Crippen LogP contribution in [0.5, 0.6) is 0 Å². The number of halogens is 1. The van der Waals surface area contributed by atoms with E-state index in [0.717, 1.165) is 12.8 Å². The van der Waals surface area contributed by atoms with E-state index in [2.05, 4.69) is 93.8 Å². The first-order chi connectivity index (χ1) is 10.8. The molecular formula is C21H35BrOSi. The number of hydrogen-bond donors (Lipinski definition) is 0. The van der Waals surface area contributed by atoms with E-state index in [-0.39, 0.29) is 22.0 Å². The van der Waals surface area contributed by atoms with Gasteiger partial charge in [0.1, 0.15) is 0 Å². The van der Waals surface area contributed by atoms with Gasteiger partial charge in [0.05, 0.1) is 6.10 Å². The second-order valence-corrected chi connectivity index (χ2v) is 15.1. The number of hydrogen-bond acceptors (Lipinski definition) is 1. The van der Waals surface area contributed by atoms with E-state index in [1.165, 1.54) is 17.6 Å². The maximum Gasteiger partial charge on any atom is 0.192 e. The number of allylic oxidation sites excluding steroid dienone is 4. The van der Waals surface area contributed by atoms with Gasteiger partial charge >= 0.3 is 0 Å². The van der Waals surface area contributed by atoms with Gasteiger partial charge < -0.3 is 4.43 Å². The van der Waals surface area contributed by atoms with Crippen LogP contribution in [0, 0.1) is 10.8 Å². The van der Waals surface area contributed by atoms with Crippen molar-refractivity contribution in [3.8, 4) is 0 Å². The molecule has 0 fully saturated rings. The lowest BCUT2D eigenvalue weighted by atomic mass is 9.53. The molecule has 0 N–H and O–H groups in total. The van der Waals surface area contributed by atoms with Crippen LogP contribution >= 0.6 is 15.9 Å². The van der Waals surface area contributed by atoms with Crippen LogP contribution in [0.1, 0.15) is 60.8 Å². The largest absolute Gasteiger partial charge is 0.411 e. The molecule has 0 aromatic heterocycles. The monoisotopic (exact) mass is 410 g/mol. The molecule has 0 radical (unpaired) electrons. The molecule has 2 atom stereocenters. The summed E-state index contributed by atoms with van der Waals surface area (Å²) in [5, 5.41) is 0.258. The van der Waals surface area contributed by atoms with Crippen LogP contribution in [0.15, 0.2) is 34.4 Å². The van der Waals surface area contributed by atoms with Crippen LogP contribution in [-0.4, -0.2) is 14.4 Å². The van der Waals surface area contributed by atoms with Gasteiger partial charge in [0.2, 0.25) is 0 Å². The van der Waals surface area contributed by atoms with Gasteiger partial charge in [-0.1, -0.05) is 74.3 Å². The second-order valence-electron chi connectivity index (χ2n) is 9.84. The predicted molar refractivity (Wildman–Crippen MR) is 112 cm³/mol. The van der Waals surface area contributed by atoms with E-state index in [4.69, 9.17) is 4.43 Å². The molecule has 0 saturated carbocycles. The van der Waals surface area contributed by atoms with Crippen LogP contribution in [-0.2, 0) is 4.43 Å². The summed E-state index contributed by atoms with van der Waals surface area (Å²) >= 11 is 3.48. The Balaban J connectivity index is 2.33. The zero-order chi connectivity index (χ0) is 18.4. The molecular weight excluding hydrogens is 376 g/mol. The molecule has 2 aliphatic rings. The topological polar surface area (TPSA) is 9.23 Å². The SMILES string of the molecule is CC1=CC(O[Si](C)(C)C(C)(C)C)CC(C)(C)[C@@]12C=CC(=CBr)CC2. The van der Waals surface area contributed by atoms with Crippen LogP contribution in [0.25, 0.3) is 0 Å². The highest BCUT2D eigenvalue weighted by Gasteiger charge is 2.50. The Hall–Kier alpha value is -0.123. The van der Waals surface area contributed by atoms with Gasteiger partial charge in [0, 0.05) is 5.41 Å². The van der Waals surface area contributed by atoms with E-state index >= 15 is 0 Å². The highest BCUT2D eigenvalue weighted by atomic mass is 79.9. The minimum Gasteiger partial charge on any atom is -0.411 e. The fourth-order valence-electron chi connectivity index (χ4n) is 4.08. The lowest BCUT2D eigenvalue weighted by Gasteiger charge is -2.53. The third kappa shape index (κ3) is 3.54. The standard InChI is InChI=1S/C21H35BrOSi/c1-16-13-18(23-24(7,8)19(2,3)4)14-20(5,6)21(16)11-9-17(15-22)10-12-21/h9,11,13,15,18H,10,12,14H2,1-8H3/t18?,21-/m1/s1. The molecule has 0 bridgehead atoms. The van der Waals surface area contributed by atoms with Gasteiger partial charge in [-0.05, 0) is 60.3 Å². The third-order valence-electron chi connectivity index (χ3n) is 6.84.